The average Bonchev–Trinajstić information content (AvgIpc) is 2.42. The molecular weight excluding hydrogens is 288 g/mol. The van der Waals surface area contributed by atoms with Gasteiger partial charge in [0.2, 0.25) is 5.91 Å². The summed E-state index contributed by atoms with van der Waals surface area (Å²) in [5, 5.41) is 7.55. The summed E-state index contributed by atoms with van der Waals surface area (Å²) in [5.74, 6) is -0.546. The zero-order valence-electron chi connectivity index (χ0n) is 12.7. The molecule has 0 saturated carbocycles. The highest BCUT2D eigenvalue weighted by molar-refractivity contribution is 5.97. The molecule has 1 aromatic carbocycles. The van der Waals surface area contributed by atoms with Crippen LogP contribution in [-0.2, 0) is 9.53 Å². The van der Waals surface area contributed by atoms with Crippen LogP contribution in [0.2, 0.25) is 0 Å². The first-order valence-corrected chi connectivity index (χ1v) is 6.75. The van der Waals surface area contributed by atoms with Crippen molar-refractivity contribution in [3.05, 3.63) is 23.8 Å². The van der Waals surface area contributed by atoms with Crippen LogP contribution in [0.15, 0.2) is 18.2 Å². The molecule has 0 aliphatic carbocycles. The van der Waals surface area contributed by atoms with Crippen LogP contribution in [0.25, 0.3) is 0 Å². The molecule has 4 amide bonds. The summed E-state index contributed by atoms with van der Waals surface area (Å²) < 4.78 is 4.82. The van der Waals surface area contributed by atoms with E-state index < -0.39 is 24.1 Å². The molecule has 0 aliphatic rings. The summed E-state index contributed by atoms with van der Waals surface area (Å²) in [4.78, 5) is 33.8. The van der Waals surface area contributed by atoms with E-state index in [2.05, 4.69) is 10.6 Å². The van der Waals surface area contributed by atoms with E-state index in [4.69, 9.17) is 10.5 Å². The van der Waals surface area contributed by atoms with Crippen molar-refractivity contribution in [2.45, 2.75) is 26.8 Å². The summed E-state index contributed by atoms with van der Waals surface area (Å²) in [5.41, 5.74) is 6.83. The minimum absolute atomic E-state index is 0.271. The van der Waals surface area contributed by atoms with Gasteiger partial charge in [-0.15, -0.1) is 0 Å². The Kier molecular flexibility index (Phi) is 6.18. The van der Waals surface area contributed by atoms with Crippen molar-refractivity contribution in [2.75, 3.05) is 17.2 Å². The molecule has 0 bridgehead atoms. The third-order valence-electron chi connectivity index (χ3n) is 2.86. The van der Waals surface area contributed by atoms with Crippen LogP contribution in [0.1, 0.15) is 19.4 Å². The van der Waals surface area contributed by atoms with Crippen molar-refractivity contribution in [1.29, 1.82) is 0 Å². The Morgan fingerprint density at radius 3 is 2.50 bits per heavy atom. The quantitative estimate of drug-likeness (QED) is 0.657. The molecule has 0 radical (unpaired) electrons. The number of benzene rings is 1. The molecule has 0 aliphatic heterocycles. The molecule has 8 heteroatoms. The van der Waals surface area contributed by atoms with Gasteiger partial charge in [0.25, 0.3) is 0 Å². The molecular formula is C14H20N4O4. The maximum absolute atomic E-state index is 11.7. The number of ether oxygens (including phenoxy) is 1. The lowest BCUT2D eigenvalue weighted by atomic mass is 10.1. The molecule has 1 atom stereocenters. The Morgan fingerprint density at radius 1 is 1.27 bits per heavy atom. The van der Waals surface area contributed by atoms with Gasteiger partial charge in [-0.05, 0) is 38.5 Å². The minimum atomic E-state index is -0.909. The zero-order valence-corrected chi connectivity index (χ0v) is 12.7. The van der Waals surface area contributed by atoms with Gasteiger partial charge in [-0.2, -0.15) is 0 Å². The summed E-state index contributed by atoms with van der Waals surface area (Å²) >= 11 is 0. The van der Waals surface area contributed by atoms with E-state index in [0.717, 1.165) is 5.56 Å². The molecule has 0 saturated heterocycles. The SMILES string of the molecule is CCOC(=O)Nc1cccc(NC(C)C(=O)NC(N)=O)c1C. The van der Waals surface area contributed by atoms with Crippen LogP contribution >= 0.6 is 0 Å². The Morgan fingerprint density at radius 2 is 1.91 bits per heavy atom. The molecule has 1 rings (SSSR count). The van der Waals surface area contributed by atoms with Crippen molar-refractivity contribution in [3.63, 3.8) is 0 Å². The fraction of sp³-hybridized carbons (Fsp3) is 0.357. The van der Waals surface area contributed by atoms with Gasteiger partial charge in [0, 0.05) is 11.4 Å². The molecule has 0 aromatic heterocycles. The van der Waals surface area contributed by atoms with Crippen LogP contribution in [0.3, 0.4) is 0 Å². The number of anilines is 2. The molecule has 0 spiro atoms. The summed E-state index contributed by atoms with van der Waals surface area (Å²) in [6.07, 6.45) is -0.553. The van der Waals surface area contributed by atoms with Gasteiger partial charge >= 0.3 is 12.1 Å². The van der Waals surface area contributed by atoms with E-state index in [1.165, 1.54) is 0 Å². The van der Waals surface area contributed by atoms with Crippen LogP contribution < -0.4 is 21.7 Å². The van der Waals surface area contributed by atoms with E-state index in [0.29, 0.717) is 11.4 Å². The molecule has 1 unspecified atom stereocenters. The predicted octanol–water partition coefficient (Wildman–Crippen LogP) is 1.56. The highest BCUT2D eigenvalue weighted by atomic mass is 16.5. The van der Waals surface area contributed by atoms with Gasteiger partial charge in [0.1, 0.15) is 6.04 Å². The average molecular weight is 308 g/mol. The molecule has 0 heterocycles. The first kappa shape index (κ1) is 17.3. The summed E-state index contributed by atoms with van der Waals surface area (Å²) in [7, 11) is 0. The van der Waals surface area contributed by atoms with Gasteiger partial charge in [-0.3, -0.25) is 15.4 Å². The number of nitrogens with two attached hydrogens (primary N) is 1. The van der Waals surface area contributed by atoms with Crippen molar-refractivity contribution in [1.82, 2.24) is 5.32 Å². The highest BCUT2D eigenvalue weighted by Crippen LogP contribution is 2.24. The minimum Gasteiger partial charge on any atom is -0.450 e. The van der Waals surface area contributed by atoms with Gasteiger partial charge in [-0.25, -0.2) is 9.59 Å². The Balaban J connectivity index is 2.81. The van der Waals surface area contributed by atoms with E-state index >= 15 is 0 Å². The zero-order chi connectivity index (χ0) is 16.7. The lowest BCUT2D eigenvalue weighted by Gasteiger charge is -2.18. The topological polar surface area (TPSA) is 123 Å². The standard InChI is InChI=1S/C14H20N4O4/c1-4-22-14(21)17-11-7-5-6-10(8(11)2)16-9(3)12(19)18-13(15)20/h5-7,9,16H,4H2,1-3H3,(H,17,21)(H3,15,18,19,20). The third-order valence-corrected chi connectivity index (χ3v) is 2.86. The molecule has 1 aromatic rings. The second-order valence-electron chi connectivity index (χ2n) is 4.54. The van der Waals surface area contributed by atoms with Crippen molar-refractivity contribution in [3.8, 4) is 0 Å². The van der Waals surface area contributed by atoms with Crippen molar-refractivity contribution >= 4 is 29.4 Å². The fourth-order valence-electron chi connectivity index (χ4n) is 1.73. The molecule has 5 N–H and O–H groups in total. The second kappa shape index (κ2) is 7.87. The predicted molar refractivity (Wildman–Crippen MR) is 82.6 cm³/mol. The number of urea groups is 1. The molecule has 8 nitrogen and oxygen atoms in total. The molecule has 120 valence electrons. The van der Waals surface area contributed by atoms with Gasteiger partial charge in [0.15, 0.2) is 0 Å². The monoisotopic (exact) mass is 308 g/mol. The van der Waals surface area contributed by atoms with Crippen molar-refractivity contribution < 1.29 is 19.1 Å². The number of rotatable bonds is 5. The van der Waals surface area contributed by atoms with Crippen LogP contribution in [0, 0.1) is 6.92 Å². The fourth-order valence-corrected chi connectivity index (χ4v) is 1.73. The number of primary amides is 1. The summed E-state index contributed by atoms with van der Waals surface area (Å²) in [6.45, 7) is 5.35. The maximum atomic E-state index is 11.7. The smallest absolute Gasteiger partial charge is 0.411 e. The van der Waals surface area contributed by atoms with E-state index in [-0.39, 0.29) is 6.61 Å². The number of nitrogens with one attached hydrogen (secondary N) is 3. The normalized spacial score (nSPS) is 11.2. The number of carbonyl (C=O) groups excluding carboxylic acids is 3. The van der Waals surface area contributed by atoms with E-state index in [9.17, 15) is 14.4 Å². The van der Waals surface area contributed by atoms with Crippen LogP contribution in [0.5, 0.6) is 0 Å². The molecule has 22 heavy (non-hydrogen) atoms. The number of amides is 4. The Hall–Kier alpha value is -2.77. The van der Waals surface area contributed by atoms with Gasteiger partial charge < -0.3 is 15.8 Å². The van der Waals surface area contributed by atoms with Crippen molar-refractivity contribution in [2.24, 2.45) is 5.73 Å². The highest BCUT2D eigenvalue weighted by Gasteiger charge is 2.16. The lowest BCUT2D eigenvalue weighted by Crippen LogP contribution is -2.43. The summed E-state index contributed by atoms with van der Waals surface area (Å²) in [6, 6.07) is 3.60. The van der Waals surface area contributed by atoms with Gasteiger partial charge in [-0.1, -0.05) is 6.07 Å². The van der Waals surface area contributed by atoms with Crippen LogP contribution in [-0.4, -0.2) is 30.7 Å². The third kappa shape index (κ3) is 4.97. The number of hydrogen-bond acceptors (Lipinski definition) is 5. The maximum Gasteiger partial charge on any atom is 0.411 e. The first-order chi connectivity index (χ1) is 10.3. The second-order valence-corrected chi connectivity index (χ2v) is 4.54. The lowest BCUT2D eigenvalue weighted by molar-refractivity contribution is -0.120. The Labute approximate surface area is 128 Å². The largest absolute Gasteiger partial charge is 0.450 e. The number of imide groups is 1. The molecule has 0 fully saturated rings. The van der Waals surface area contributed by atoms with Crippen LogP contribution in [0.4, 0.5) is 21.0 Å². The number of hydrogen-bond donors (Lipinski definition) is 4. The van der Waals surface area contributed by atoms with E-state index in [1.54, 1.807) is 39.0 Å². The Bertz CT molecular complexity index is 574. The van der Waals surface area contributed by atoms with E-state index in [1.807, 2.05) is 5.32 Å². The number of carbonyl (C=O) groups is 3. The van der Waals surface area contributed by atoms with Gasteiger partial charge in [0.05, 0.1) is 6.61 Å². The first-order valence-electron chi connectivity index (χ1n) is 6.75.